The lowest BCUT2D eigenvalue weighted by Crippen LogP contribution is -2.40. The average molecular weight is 335 g/mol. The Kier molecular flexibility index (Phi) is 4.73. The lowest BCUT2D eigenvalue weighted by molar-refractivity contribution is 0.0714. The van der Waals surface area contributed by atoms with Crippen LogP contribution in [0.5, 0.6) is 0 Å². The van der Waals surface area contributed by atoms with Gasteiger partial charge in [0.25, 0.3) is 5.91 Å². The SMILES string of the molecule is Cc1nn(CC(C)C)c2sc(C(=O)N[C@@H](C)[C@@H]3CCCO3)cc12. The molecule has 3 rings (SSSR count). The van der Waals surface area contributed by atoms with Crippen LogP contribution in [0, 0.1) is 12.8 Å². The van der Waals surface area contributed by atoms with Crippen molar-refractivity contribution in [2.24, 2.45) is 5.92 Å². The molecule has 0 spiro atoms. The number of aromatic nitrogens is 2. The Morgan fingerprint density at radius 2 is 2.30 bits per heavy atom. The Hall–Kier alpha value is -1.40. The normalized spacial score (nSPS) is 19.6. The van der Waals surface area contributed by atoms with E-state index in [4.69, 9.17) is 4.74 Å². The summed E-state index contributed by atoms with van der Waals surface area (Å²) in [5.74, 6) is 0.515. The third-order valence-electron chi connectivity index (χ3n) is 4.25. The van der Waals surface area contributed by atoms with Crippen LogP contribution in [0.3, 0.4) is 0 Å². The topological polar surface area (TPSA) is 56.2 Å². The largest absolute Gasteiger partial charge is 0.376 e. The summed E-state index contributed by atoms with van der Waals surface area (Å²) in [4.78, 5) is 14.4. The lowest BCUT2D eigenvalue weighted by atomic mass is 10.1. The zero-order chi connectivity index (χ0) is 16.6. The number of nitrogens with one attached hydrogen (secondary N) is 1. The van der Waals surface area contributed by atoms with Gasteiger partial charge in [0.2, 0.25) is 0 Å². The predicted molar refractivity (Wildman–Crippen MR) is 93.1 cm³/mol. The van der Waals surface area contributed by atoms with Gasteiger partial charge in [0, 0.05) is 18.5 Å². The van der Waals surface area contributed by atoms with E-state index in [-0.39, 0.29) is 18.1 Å². The molecule has 1 aliphatic rings. The number of carbonyl (C=O) groups excluding carboxylic acids is 1. The van der Waals surface area contributed by atoms with Crippen molar-refractivity contribution in [3.8, 4) is 0 Å². The summed E-state index contributed by atoms with van der Waals surface area (Å²) in [5.41, 5.74) is 0.989. The van der Waals surface area contributed by atoms with Crippen LogP contribution in [-0.2, 0) is 11.3 Å². The van der Waals surface area contributed by atoms with Crippen LogP contribution in [0.2, 0.25) is 0 Å². The second-order valence-electron chi connectivity index (χ2n) is 6.80. The van der Waals surface area contributed by atoms with Gasteiger partial charge in [-0.2, -0.15) is 5.10 Å². The number of nitrogens with zero attached hydrogens (tertiary/aromatic N) is 2. The van der Waals surface area contributed by atoms with Gasteiger partial charge in [-0.3, -0.25) is 9.48 Å². The van der Waals surface area contributed by atoms with E-state index in [2.05, 4.69) is 24.3 Å². The molecule has 3 heterocycles. The number of amides is 1. The number of aryl methyl sites for hydroxylation is 1. The van der Waals surface area contributed by atoms with Gasteiger partial charge < -0.3 is 10.1 Å². The number of hydrogen-bond donors (Lipinski definition) is 1. The number of hydrogen-bond acceptors (Lipinski definition) is 4. The summed E-state index contributed by atoms with van der Waals surface area (Å²) >= 11 is 1.53. The van der Waals surface area contributed by atoms with Crippen LogP contribution in [-0.4, -0.2) is 34.4 Å². The van der Waals surface area contributed by atoms with Gasteiger partial charge in [0.1, 0.15) is 4.83 Å². The maximum absolute atomic E-state index is 12.5. The Morgan fingerprint density at radius 3 is 2.96 bits per heavy atom. The van der Waals surface area contributed by atoms with Crippen molar-refractivity contribution in [1.82, 2.24) is 15.1 Å². The quantitative estimate of drug-likeness (QED) is 0.911. The molecule has 1 N–H and O–H groups in total. The molecule has 1 amide bonds. The summed E-state index contributed by atoms with van der Waals surface area (Å²) in [6.07, 6.45) is 2.25. The molecule has 6 heteroatoms. The Balaban J connectivity index is 1.78. The third kappa shape index (κ3) is 3.43. The zero-order valence-corrected chi connectivity index (χ0v) is 15.1. The molecule has 0 aromatic carbocycles. The second-order valence-corrected chi connectivity index (χ2v) is 7.84. The van der Waals surface area contributed by atoms with Crippen LogP contribution in [0.25, 0.3) is 10.2 Å². The summed E-state index contributed by atoms with van der Waals surface area (Å²) in [6, 6.07) is 2.01. The minimum Gasteiger partial charge on any atom is -0.376 e. The van der Waals surface area contributed by atoms with Crippen molar-refractivity contribution in [3.05, 3.63) is 16.6 Å². The number of carbonyl (C=O) groups is 1. The molecule has 1 aliphatic heterocycles. The zero-order valence-electron chi connectivity index (χ0n) is 14.3. The monoisotopic (exact) mass is 335 g/mol. The number of thiophene rings is 1. The fraction of sp³-hybridized carbons (Fsp3) is 0.647. The van der Waals surface area contributed by atoms with Gasteiger partial charge in [-0.1, -0.05) is 13.8 Å². The smallest absolute Gasteiger partial charge is 0.261 e. The van der Waals surface area contributed by atoms with Crippen molar-refractivity contribution in [2.45, 2.75) is 59.2 Å². The number of ether oxygens (including phenoxy) is 1. The van der Waals surface area contributed by atoms with Crippen LogP contribution in [0.15, 0.2) is 6.07 Å². The van der Waals surface area contributed by atoms with Gasteiger partial charge in [0.05, 0.1) is 22.7 Å². The highest BCUT2D eigenvalue weighted by molar-refractivity contribution is 7.20. The first-order valence-corrected chi connectivity index (χ1v) is 9.16. The molecule has 0 radical (unpaired) electrons. The third-order valence-corrected chi connectivity index (χ3v) is 5.40. The van der Waals surface area contributed by atoms with Crippen molar-refractivity contribution in [3.63, 3.8) is 0 Å². The molecule has 5 nitrogen and oxygen atoms in total. The van der Waals surface area contributed by atoms with E-state index in [9.17, 15) is 4.79 Å². The number of rotatable bonds is 5. The maximum atomic E-state index is 12.5. The molecular formula is C17H25N3O2S. The Labute approximate surface area is 141 Å². The highest BCUT2D eigenvalue weighted by Gasteiger charge is 2.25. The van der Waals surface area contributed by atoms with Crippen molar-refractivity contribution < 1.29 is 9.53 Å². The standard InChI is InChI=1S/C17H25N3O2S/c1-10(2)9-20-17-13(11(3)19-20)8-15(23-17)16(21)18-12(4)14-6-5-7-22-14/h8,10,12,14H,5-7,9H2,1-4H3,(H,18,21)/t12-,14-/m0/s1. The fourth-order valence-electron chi connectivity index (χ4n) is 3.06. The molecule has 0 bridgehead atoms. The minimum absolute atomic E-state index is 0.00954. The summed E-state index contributed by atoms with van der Waals surface area (Å²) < 4.78 is 7.68. The molecule has 0 aliphatic carbocycles. The van der Waals surface area contributed by atoms with Gasteiger partial charge in [-0.25, -0.2) is 0 Å². The molecule has 0 unspecified atom stereocenters. The Morgan fingerprint density at radius 1 is 1.52 bits per heavy atom. The van der Waals surface area contributed by atoms with Gasteiger partial charge in [-0.05, 0) is 38.7 Å². The molecular weight excluding hydrogens is 310 g/mol. The number of fused-ring (bicyclic) bond motifs is 1. The average Bonchev–Trinajstić information content (AvgIpc) is 3.18. The first-order valence-electron chi connectivity index (χ1n) is 8.35. The fourth-order valence-corrected chi connectivity index (χ4v) is 4.14. The van der Waals surface area contributed by atoms with Crippen LogP contribution in [0.1, 0.15) is 49.0 Å². The van der Waals surface area contributed by atoms with E-state index >= 15 is 0 Å². The van der Waals surface area contributed by atoms with E-state index in [1.165, 1.54) is 11.3 Å². The lowest BCUT2D eigenvalue weighted by Gasteiger charge is -2.19. The van der Waals surface area contributed by atoms with E-state index in [1.54, 1.807) is 0 Å². The molecule has 1 fully saturated rings. The second kappa shape index (κ2) is 6.61. The molecule has 2 aromatic rings. The van der Waals surface area contributed by atoms with Gasteiger partial charge in [-0.15, -0.1) is 11.3 Å². The van der Waals surface area contributed by atoms with Crippen LogP contribution >= 0.6 is 11.3 Å². The highest BCUT2D eigenvalue weighted by Crippen LogP contribution is 2.29. The van der Waals surface area contributed by atoms with Crippen LogP contribution in [0.4, 0.5) is 0 Å². The molecule has 23 heavy (non-hydrogen) atoms. The van der Waals surface area contributed by atoms with Crippen molar-refractivity contribution in [2.75, 3.05) is 6.61 Å². The molecule has 1 saturated heterocycles. The molecule has 2 aromatic heterocycles. The highest BCUT2D eigenvalue weighted by atomic mass is 32.1. The summed E-state index contributed by atoms with van der Waals surface area (Å²) in [6.45, 7) is 10.0. The van der Waals surface area contributed by atoms with Crippen LogP contribution < -0.4 is 5.32 Å². The molecule has 2 atom stereocenters. The van der Waals surface area contributed by atoms with E-state index in [0.717, 1.165) is 46.8 Å². The van der Waals surface area contributed by atoms with Crippen molar-refractivity contribution in [1.29, 1.82) is 0 Å². The van der Waals surface area contributed by atoms with Gasteiger partial charge in [0.15, 0.2) is 0 Å². The Bertz CT molecular complexity index is 698. The predicted octanol–water partition coefficient (Wildman–Crippen LogP) is 3.36. The first kappa shape index (κ1) is 16.5. The summed E-state index contributed by atoms with van der Waals surface area (Å²) in [5, 5.41) is 8.76. The first-order chi connectivity index (χ1) is 11.0. The molecule has 0 saturated carbocycles. The summed E-state index contributed by atoms with van der Waals surface area (Å²) in [7, 11) is 0. The van der Waals surface area contributed by atoms with E-state index in [1.807, 2.05) is 24.6 Å². The molecule has 126 valence electrons. The van der Waals surface area contributed by atoms with Crippen molar-refractivity contribution >= 4 is 27.5 Å². The van der Waals surface area contributed by atoms with Gasteiger partial charge >= 0.3 is 0 Å². The maximum Gasteiger partial charge on any atom is 0.261 e. The minimum atomic E-state index is -0.00954. The van der Waals surface area contributed by atoms with E-state index in [0.29, 0.717) is 5.92 Å². The van der Waals surface area contributed by atoms with E-state index < -0.39 is 0 Å².